The summed E-state index contributed by atoms with van der Waals surface area (Å²) in [6, 6.07) is 7.54. The van der Waals surface area contributed by atoms with Gasteiger partial charge in [0.15, 0.2) is 0 Å². The second-order valence-corrected chi connectivity index (χ2v) is 4.74. The number of ether oxygens (including phenoxy) is 1. The molecule has 3 nitrogen and oxygen atoms in total. The van der Waals surface area contributed by atoms with Crippen molar-refractivity contribution < 1.29 is 9.53 Å². The highest BCUT2D eigenvalue weighted by atomic mass is 35.5. The number of alkyl halides is 1. The van der Waals surface area contributed by atoms with Gasteiger partial charge in [0.2, 0.25) is 0 Å². The summed E-state index contributed by atoms with van der Waals surface area (Å²) in [6.45, 7) is 2.49. The van der Waals surface area contributed by atoms with Crippen LogP contribution in [0, 0.1) is 0 Å². The second-order valence-electron chi connectivity index (χ2n) is 4.47. The van der Waals surface area contributed by atoms with E-state index in [1.807, 2.05) is 31.2 Å². The van der Waals surface area contributed by atoms with E-state index < -0.39 is 5.60 Å². The lowest BCUT2D eigenvalue weighted by Crippen LogP contribution is -2.39. The van der Waals surface area contributed by atoms with Crippen LogP contribution in [0.1, 0.15) is 25.3 Å². The largest absolute Gasteiger partial charge is 0.365 e. The molecule has 2 rings (SSSR count). The van der Waals surface area contributed by atoms with Crippen molar-refractivity contribution >= 4 is 23.2 Å². The van der Waals surface area contributed by atoms with Crippen molar-refractivity contribution in [1.82, 2.24) is 0 Å². The molecule has 1 unspecified atom stereocenters. The van der Waals surface area contributed by atoms with Gasteiger partial charge in [0, 0.05) is 18.2 Å². The van der Waals surface area contributed by atoms with Gasteiger partial charge in [0.05, 0.1) is 0 Å². The highest BCUT2D eigenvalue weighted by molar-refractivity contribution is 6.17. The summed E-state index contributed by atoms with van der Waals surface area (Å²) in [7, 11) is 0. The molecule has 1 N–H and O–H groups in total. The number of amides is 1. The summed E-state index contributed by atoms with van der Waals surface area (Å²) in [5.74, 6) is 0.360. The van der Waals surface area contributed by atoms with Crippen LogP contribution in [0.4, 0.5) is 5.69 Å². The summed E-state index contributed by atoms with van der Waals surface area (Å²) in [4.78, 5) is 12.1. The Balaban J connectivity index is 2.07. The zero-order chi connectivity index (χ0) is 12.3. The zero-order valence-electron chi connectivity index (χ0n) is 9.83. The number of hydrogen-bond donors (Lipinski definition) is 1. The first-order chi connectivity index (χ1) is 8.14. The lowest BCUT2D eigenvalue weighted by atomic mass is 10.0. The molecule has 1 atom stereocenters. The third-order valence-electron chi connectivity index (χ3n) is 3.04. The number of rotatable bonds is 3. The van der Waals surface area contributed by atoms with E-state index in [-0.39, 0.29) is 5.91 Å². The Morgan fingerprint density at radius 1 is 1.59 bits per heavy atom. The minimum absolute atomic E-state index is 0.0817. The molecule has 0 spiro atoms. The summed E-state index contributed by atoms with van der Waals surface area (Å²) >= 11 is 5.75. The van der Waals surface area contributed by atoms with E-state index in [2.05, 4.69) is 5.32 Å². The van der Waals surface area contributed by atoms with E-state index in [1.54, 1.807) is 0 Å². The van der Waals surface area contributed by atoms with Gasteiger partial charge in [0.25, 0.3) is 5.91 Å². The van der Waals surface area contributed by atoms with Crippen LogP contribution in [0.5, 0.6) is 0 Å². The molecule has 1 amide bonds. The minimum Gasteiger partial charge on any atom is -0.365 e. The topological polar surface area (TPSA) is 38.3 Å². The van der Waals surface area contributed by atoms with Crippen LogP contribution in [0.2, 0.25) is 0 Å². The third-order valence-corrected chi connectivity index (χ3v) is 3.35. The molecule has 0 aliphatic carbocycles. The van der Waals surface area contributed by atoms with Gasteiger partial charge >= 0.3 is 0 Å². The maximum absolute atomic E-state index is 12.1. The smallest absolute Gasteiger partial charge is 0.256 e. The zero-order valence-corrected chi connectivity index (χ0v) is 10.6. The Morgan fingerprint density at radius 3 is 3.06 bits per heavy atom. The highest BCUT2D eigenvalue weighted by Crippen LogP contribution is 2.26. The van der Waals surface area contributed by atoms with Gasteiger partial charge in [-0.1, -0.05) is 12.1 Å². The molecule has 1 aromatic rings. The molecule has 0 aromatic heterocycles. The van der Waals surface area contributed by atoms with Gasteiger partial charge in [0.1, 0.15) is 5.60 Å². The predicted octanol–water partition coefficient (Wildman–Crippen LogP) is 2.93. The van der Waals surface area contributed by atoms with Crippen molar-refractivity contribution in [1.29, 1.82) is 0 Å². The Bertz CT molecular complexity index is 414. The maximum Gasteiger partial charge on any atom is 0.256 e. The fourth-order valence-electron chi connectivity index (χ4n) is 1.95. The first kappa shape index (κ1) is 12.4. The van der Waals surface area contributed by atoms with Crippen molar-refractivity contribution in [2.75, 3.05) is 11.9 Å². The molecule has 4 heteroatoms. The number of anilines is 1. The van der Waals surface area contributed by atoms with Crippen molar-refractivity contribution in [3.63, 3.8) is 0 Å². The van der Waals surface area contributed by atoms with Crippen molar-refractivity contribution in [3.8, 4) is 0 Å². The number of nitrogens with one attached hydrogen (secondary N) is 1. The predicted molar refractivity (Wildman–Crippen MR) is 68.2 cm³/mol. The molecule has 1 aliphatic heterocycles. The molecule has 17 heavy (non-hydrogen) atoms. The van der Waals surface area contributed by atoms with E-state index >= 15 is 0 Å². The van der Waals surface area contributed by atoms with Crippen LogP contribution < -0.4 is 5.32 Å². The molecule has 1 saturated heterocycles. The van der Waals surface area contributed by atoms with Crippen molar-refractivity contribution in [2.24, 2.45) is 0 Å². The fraction of sp³-hybridized carbons (Fsp3) is 0.462. The summed E-state index contributed by atoms with van der Waals surface area (Å²) in [5, 5.41) is 2.88. The van der Waals surface area contributed by atoms with Gasteiger partial charge in [-0.15, -0.1) is 11.6 Å². The first-order valence-corrected chi connectivity index (χ1v) is 6.28. The van der Waals surface area contributed by atoms with E-state index in [4.69, 9.17) is 16.3 Å². The highest BCUT2D eigenvalue weighted by Gasteiger charge is 2.37. The Labute approximate surface area is 106 Å². The van der Waals surface area contributed by atoms with Crippen LogP contribution >= 0.6 is 11.6 Å². The average molecular weight is 254 g/mol. The number of carbonyl (C=O) groups is 1. The first-order valence-electron chi connectivity index (χ1n) is 5.74. The van der Waals surface area contributed by atoms with E-state index in [1.165, 1.54) is 0 Å². The van der Waals surface area contributed by atoms with Crippen LogP contribution in [0.3, 0.4) is 0 Å². The van der Waals surface area contributed by atoms with Crippen LogP contribution in [0.15, 0.2) is 24.3 Å². The number of carbonyl (C=O) groups excluding carboxylic acids is 1. The van der Waals surface area contributed by atoms with Gasteiger partial charge in [-0.05, 0) is 37.5 Å². The fourth-order valence-corrected chi connectivity index (χ4v) is 2.12. The average Bonchev–Trinajstić information content (AvgIpc) is 2.78. The lowest BCUT2D eigenvalue weighted by molar-refractivity contribution is -0.133. The molecule has 0 radical (unpaired) electrons. The van der Waals surface area contributed by atoms with Crippen LogP contribution in [-0.4, -0.2) is 18.1 Å². The van der Waals surface area contributed by atoms with Crippen molar-refractivity contribution in [2.45, 2.75) is 31.2 Å². The Hall–Kier alpha value is -1.06. The quantitative estimate of drug-likeness (QED) is 0.842. The normalized spacial score (nSPS) is 23.6. The Kier molecular flexibility index (Phi) is 3.69. The van der Waals surface area contributed by atoms with Crippen LogP contribution in [-0.2, 0) is 15.4 Å². The van der Waals surface area contributed by atoms with Crippen molar-refractivity contribution in [3.05, 3.63) is 29.8 Å². The van der Waals surface area contributed by atoms with Gasteiger partial charge in [-0.25, -0.2) is 0 Å². The van der Waals surface area contributed by atoms with Crippen LogP contribution in [0.25, 0.3) is 0 Å². The molecule has 0 bridgehead atoms. The minimum atomic E-state index is -0.684. The van der Waals surface area contributed by atoms with Gasteiger partial charge < -0.3 is 10.1 Å². The number of halogens is 1. The molecule has 1 aromatic carbocycles. The molecule has 1 fully saturated rings. The van der Waals surface area contributed by atoms with E-state index in [0.717, 1.165) is 24.1 Å². The van der Waals surface area contributed by atoms with Gasteiger partial charge in [-0.2, -0.15) is 0 Å². The lowest BCUT2D eigenvalue weighted by Gasteiger charge is -2.22. The SMILES string of the molecule is CC1(C(=O)Nc2cccc(CCl)c2)CCCO1. The molecule has 92 valence electrons. The monoisotopic (exact) mass is 253 g/mol. The number of benzene rings is 1. The maximum atomic E-state index is 12.1. The van der Waals surface area contributed by atoms with E-state index in [0.29, 0.717) is 12.5 Å². The summed E-state index contributed by atoms with van der Waals surface area (Å²) in [5.41, 5.74) is 1.07. The Morgan fingerprint density at radius 2 is 2.41 bits per heavy atom. The molecule has 1 aliphatic rings. The summed E-state index contributed by atoms with van der Waals surface area (Å²) < 4.78 is 5.49. The van der Waals surface area contributed by atoms with E-state index in [9.17, 15) is 4.79 Å². The molecule has 0 saturated carbocycles. The third kappa shape index (κ3) is 2.79. The number of hydrogen-bond acceptors (Lipinski definition) is 2. The standard InChI is InChI=1S/C13H16ClNO2/c1-13(6-3-7-17-13)12(16)15-11-5-2-4-10(8-11)9-14/h2,4-5,8H,3,6-7,9H2,1H3,(H,15,16). The summed E-state index contributed by atoms with van der Waals surface area (Å²) in [6.07, 6.45) is 1.71. The molecular formula is C13H16ClNO2. The van der Waals surface area contributed by atoms with Gasteiger partial charge in [-0.3, -0.25) is 4.79 Å². The molecule has 1 heterocycles. The molecular weight excluding hydrogens is 238 g/mol. The second kappa shape index (κ2) is 5.07.